The molecule has 1 rings (SSSR count). The van der Waals surface area contributed by atoms with Crippen LogP contribution in [-0.4, -0.2) is 31.4 Å². The fraction of sp³-hybridized carbons (Fsp3) is 0.583. The second-order valence-corrected chi connectivity index (χ2v) is 3.79. The average molecular weight is 241 g/mol. The van der Waals surface area contributed by atoms with Crippen molar-refractivity contribution >= 4 is 5.97 Å². The lowest BCUT2D eigenvalue weighted by Gasteiger charge is -2.09. The molecule has 0 aliphatic heterocycles. The summed E-state index contributed by atoms with van der Waals surface area (Å²) in [5.41, 5.74) is 5.14. The Morgan fingerprint density at radius 1 is 1.47 bits per heavy atom. The summed E-state index contributed by atoms with van der Waals surface area (Å²) >= 11 is 0. The van der Waals surface area contributed by atoms with E-state index in [-0.39, 0.29) is 6.61 Å². The standard InChI is InChI=1S/C12H19NO4/c1-16-13-11-7-4-6-10(11)5-2-3-8-17-9-12(14)15/h6-7,13H,2-5,8-9H2,1H3,(H,14,15). The number of unbranched alkanes of at least 4 members (excludes halogenated alkanes) is 1. The van der Waals surface area contributed by atoms with Gasteiger partial charge >= 0.3 is 5.97 Å². The minimum Gasteiger partial charge on any atom is -0.480 e. The zero-order valence-electron chi connectivity index (χ0n) is 10.1. The van der Waals surface area contributed by atoms with Crippen LogP contribution in [-0.2, 0) is 14.4 Å². The average Bonchev–Trinajstić information content (AvgIpc) is 2.71. The Kier molecular flexibility index (Phi) is 6.35. The van der Waals surface area contributed by atoms with Gasteiger partial charge in [0.15, 0.2) is 0 Å². The third-order valence-electron chi connectivity index (χ3n) is 2.45. The molecule has 0 heterocycles. The second-order valence-electron chi connectivity index (χ2n) is 3.79. The van der Waals surface area contributed by atoms with E-state index in [1.165, 1.54) is 5.57 Å². The van der Waals surface area contributed by atoms with Crippen LogP contribution in [0.15, 0.2) is 23.4 Å². The lowest BCUT2D eigenvalue weighted by molar-refractivity contribution is -0.142. The molecule has 0 aromatic heterocycles. The van der Waals surface area contributed by atoms with Crippen LogP contribution in [0.3, 0.4) is 0 Å². The normalized spacial score (nSPS) is 14.4. The van der Waals surface area contributed by atoms with Crippen molar-refractivity contribution in [3.63, 3.8) is 0 Å². The fourth-order valence-corrected chi connectivity index (χ4v) is 1.69. The monoisotopic (exact) mass is 241 g/mol. The van der Waals surface area contributed by atoms with E-state index in [4.69, 9.17) is 14.7 Å². The number of hydrogen-bond acceptors (Lipinski definition) is 4. The summed E-state index contributed by atoms with van der Waals surface area (Å²) in [7, 11) is 1.59. The van der Waals surface area contributed by atoms with Crippen molar-refractivity contribution in [3.05, 3.63) is 23.4 Å². The second kappa shape index (κ2) is 7.86. The van der Waals surface area contributed by atoms with Crippen LogP contribution in [0.1, 0.15) is 25.7 Å². The van der Waals surface area contributed by atoms with Crippen molar-refractivity contribution in [1.82, 2.24) is 5.48 Å². The molecule has 0 saturated carbocycles. The van der Waals surface area contributed by atoms with Gasteiger partial charge in [-0.15, -0.1) is 0 Å². The summed E-state index contributed by atoms with van der Waals surface area (Å²) in [4.78, 5) is 15.1. The Morgan fingerprint density at radius 3 is 3.00 bits per heavy atom. The Morgan fingerprint density at radius 2 is 2.29 bits per heavy atom. The highest BCUT2D eigenvalue weighted by molar-refractivity contribution is 5.67. The van der Waals surface area contributed by atoms with Crippen molar-refractivity contribution in [2.45, 2.75) is 25.7 Å². The van der Waals surface area contributed by atoms with E-state index in [1.807, 2.05) is 0 Å². The molecule has 0 aromatic carbocycles. The van der Waals surface area contributed by atoms with Crippen LogP contribution in [0.4, 0.5) is 0 Å². The Labute approximate surface area is 101 Å². The number of carboxylic acid groups (broad SMARTS) is 1. The Hall–Kier alpha value is -1.33. The predicted octanol–water partition coefficient (Wildman–Crippen LogP) is 1.62. The van der Waals surface area contributed by atoms with Crippen LogP contribution in [0.25, 0.3) is 0 Å². The van der Waals surface area contributed by atoms with E-state index < -0.39 is 5.97 Å². The lowest BCUT2D eigenvalue weighted by atomic mass is 10.1. The number of nitrogens with one attached hydrogen (secondary N) is 1. The van der Waals surface area contributed by atoms with Crippen molar-refractivity contribution in [2.75, 3.05) is 20.3 Å². The van der Waals surface area contributed by atoms with E-state index in [1.54, 1.807) is 7.11 Å². The molecule has 1 aliphatic carbocycles. The third-order valence-corrected chi connectivity index (χ3v) is 2.45. The van der Waals surface area contributed by atoms with Crippen LogP contribution >= 0.6 is 0 Å². The maximum atomic E-state index is 10.2. The number of aliphatic carboxylic acids is 1. The molecule has 0 saturated heterocycles. The first-order valence-corrected chi connectivity index (χ1v) is 5.72. The first-order valence-electron chi connectivity index (χ1n) is 5.72. The van der Waals surface area contributed by atoms with E-state index in [0.717, 1.165) is 31.4 Å². The molecule has 1 aliphatic rings. The van der Waals surface area contributed by atoms with Gasteiger partial charge in [0.1, 0.15) is 6.61 Å². The molecule has 0 amide bonds. The molecular formula is C12H19NO4. The van der Waals surface area contributed by atoms with Crippen LogP contribution in [0.2, 0.25) is 0 Å². The Balaban J connectivity index is 2.07. The van der Waals surface area contributed by atoms with Gasteiger partial charge in [-0.05, 0) is 31.3 Å². The van der Waals surface area contributed by atoms with Crippen molar-refractivity contribution < 1.29 is 19.5 Å². The molecule has 0 aromatic rings. The number of allylic oxidation sites excluding steroid dienone is 3. The van der Waals surface area contributed by atoms with Gasteiger partial charge in [0.05, 0.1) is 12.8 Å². The van der Waals surface area contributed by atoms with E-state index in [0.29, 0.717) is 6.61 Å². The zero-order chi connectivity index (χ0) is 12.5. The first kappa shape index (κ1) is 13.7. The topological polar surface area (TPSA) is 67.8 Å². The van der Waals surface area contributed by atoms with Crippen molar-refractivity contribution in [2.24, 2.45) is 0 Å². The number of ether oxygens (including phenoxy) is 1. The molecule has 0 unspecified atom stereocenters. The van der Waals surface area contributed by atoms with E-state index in [9.17, 15) is 4.79 Å². The molecule has 96 valence electrons. The summed E-state index contributed by atoms with van der Waals surface area (Å²) in [5.74, 6) is -0.919. The molecule has 0 radical (unpaired) electrons. The molecule has 2 N–H and O–H groups in total. The molecule has 5 heteroatoms. The number of rotatable bonds is 9. The number of hydrogen-bond donors (Lipinski definition) is 2. The molecule has 17 heavy (non-hydrogen) atoms. The van der Waals surface area contributed by atoms with Gasteiger partial charge in [-0.2, -0.15) is 0 Å². The lowest BCUT2D eigenvalue weighted by Crippen LogP contribution is -2.12. The van der Waals surface area contributed by atoms with Crippen LogP contribution in [0.5, 0.6) is 0 Å². The number of carbonyl (C=O) groups is 1. The summed E-state index contributed by atoms with van der Waals surface area (Å²) < 4.78 is 4.96. The quantitative estimate of drug-likeness (QED) is 0.474. The predicted molar refractivity (Wildman–Crippen MR) is 63.2 cm³/mol. The first-order chi connectivity index (χ1) is 8.24. The fourth-order valence-electron chi connectivity index (χ4n) is 1.69. The summed E-state index contributed by atoms with van der Waals surface area (Å²) in [6, 6.07) is 0. The van der Waals surface area contributed by atoms with Gasteiger partial charge in [0.25, 0.3) is 0 Å². The summed E-state index contributed by atoms with van der Waals surface area (Å²) in [6.45, 7) is 0.287. The van der Waals surface area contributed by atoms with Gasteiger partial charge in [0, 0.05) is 6.61 Å². The van der Waals surface area contributed by atoms with Gasteiger partial charge in [-0.25, -0.2) is 4.79 Å². The minimum atomic E-state index is -0.919. The van der Waals surface area contributed by atoms with Gasteiger partial charge in [-0.1, -0.05) is 12.2 Å². The SMILES string of the molecule is CONC1=CCC=C1CCCCOCC(=O)O. The summed E-state index contributed by atoms with van der Waals surface area (Å²) in [6.07, 6.45) is 7.99. The number of hydroxylamine groups is 1. The maximum absolute atomic E-state index is 10.2. The van der Waals surface area contributed by atoms with Gasteiger partial charge in [0.2, 0.25) is 0 Å². The highest BCUT2D eigenvalue weighted by Crippen LogP contribution is 2.21. The zero-order valence-corrected chi connectivity index (χ0v) is 10.1. The van der Waals surface area contributed by atoms with Gasteiger partial charge in [-0.3, -0.25) is 10.3 Å². The van der Waals surface area contributed by atoms with E-state index in [2.05, 4.69) is 17.6 Å². The largest absolute Gasteiger partial charge is 0.480 e. The van der Waals surface area contributed by atoms with E-state index >= 15 is 0 Å². The third kappa shape index (κ3) is 5.51. The molecule has 0 bridgehead atoms. The molecule has 0 atom stereocenters. The highest BCUT2D eigenvalue weighted by atomic mass is 16.6. The van der Waals surface area contributed by atoms with Crippen LogP contribution < -0.4 is 5.48 Å². The summed E-state index contributed by atoms with van der Waals surface area (Å²) in [5, 5.41) is 8.37. The molecule has 0 spiro atoms. The Bertz CT molecular complexity index is 310. The molecular weight excluding hydrogens is 222 g/mol. The molecule has 5 nitrogen and oxygen atoms in total. The van der Waals surface area contributed by atoms with Gasteiger partial charge < -0.3 is 9.84 Å². The van der Waals surface area contributed by atoms with Crippen molar-refractivity contribution in [1.29, 1.82) is 0 Å². The highest BCUT2D eigenvalue weighted by Gasteiger charge is 2.09. The number of carboxylic acids is 1. The smallest absolute Gasteiger partial charge is 0.329 e. The minimum absolute atomic E-state index is 0.209. The van der Waals surface area contributed by atoms with Crippen LogP contribution in [0, 0.1) is 0 Å². The molecule has 0 fully saturated rings. The van der Waals surface area contributed by atoms with Crippen molar-refractivity contribution in [3.8, 4) is 0 Å². The maximum Gasteiger partial charge on any atom is 0.329 e.